The molecule has 0 atom stereocenters. The molecule has 1 N–H and O–H groups in total. The van der Waals surface area contributed by atoms with Crippen molar-refractivity contribution in [3.63, 3.8) is 0 Å². The van der Waals surface area contributed by atoms with Gasteiger partial charge in [-0.1, -0.05) is 18.2 Å². The number of nitrogens with one attached hydrogen (secondary N) is 1. The molecular formula is C20H24FN3O. The van der Waals surface area contributed by atoms with E-state index in [-0.39, 0.29) is 11.7 Å². The third-order valence-corrected chi connectivity index (χ3v) is 4.70. The summed E-state index contributed by atoms with van der Waals surface area (Å²) in [4.78, 5) is 18.6. The summed E-state index contributed by atoms with van der Waals surface area (Å²) in [6, 6.07) is 10.2. The first kappa shape index (κ1) is 17.5. The van der Waals surface area contributed by atoms with Gasteiger partial charge in [-0.3, -0.25) is 14.7 Å². The molecule has 1 fully saturated rings. The summed E-state index contributed by atoms with van der Waals surface area (Å²) in [5, 5.41) is 3.02. The summed E-state index contributed by atoms with van der Waals surface area (Å²) in [5.41, 5.74) is 2.08. The largest absolute Gasteiger partial charge is 0.356 e. The van der Waals surface area contributed by atoms with E-state index in [1.54, 1.807) is 18.3 Å². The maximum absolute atomic E-state index is 12.9. The first-order chi connectivity index (χ1) is 12.2. The Hall–Kier alpha value is -2.27. The van der Waals surface area contributed by atoms with Gasteiger partial charge in [0.05, 0.1) is 6.42 Å². The predicted octanol–water partition coefficient (Wildman–Crippen LogP) is 2.79. The van der Waals surface area contributed by atoms with Crippen LogP contribution in [0.5, 0.6) is 0 Å². The van der Waals surface area contributed by atoms with Gasteiger partial charge >= 0.3 is 0 Å². The Morgan fingerprint density at radius 3 is 2.60 bits per heavy atom. The second-order valence-electron chi connectivity index (χ2n) is 6.69. The molecule has 5 heteroatoms. The Kier molecular flexibility index (Phi) is 6.12. The van der Waals surface area contributed by atoms with Crippen LogP contribution in [0.1, 0.15) is 24.0 Å². The Balaban J connectivity index is 1.36. The number of halogens is 1. The van der Waals surface area contributed by atoms with Crippen LogP contribution in [0.3, 0.4) is 0 Å². The summed E-state index contributed by atoms with van der Waals surface area (Å²) < 4.78 is 12.9. The number of carbonyl (C=O) groups is 1. The molecule has 0 radical (unpaired) electrons. The number of benzene rings is 1. The first-order valence-electron chi connectivity index (χ1n) is 8.81. The van der Waals surface area contributed by atoms with Gasteiger partial charge in [0.15, 0.2) is 0 Å². The van der Waals surface area contributed by atoms with Crippen LogP contribution >= 0.6 is 0 Å². The molecule has 2 aromatic rings. The molecule has 1 aliphatic rings. The summed E-state index contributed by atoms with van der Waals surface area (Å²) in [7, 11) is 0. The third-order valence-electron chi connectivity index (χ3n) is 4.70. The number of aromatic nitrogens is 1. The maximum Gasteiger partial charge on any atom is 0.224 e. The minimum atomic E-state index is -0.276. The normalized spacial score (nSPS) is 15.9. The van der Waals surface area contributed by atoms with Crippen molar-refractivity contribution in [1.82, 2.24) is 15.2 Å². The van der Waals surface area contributed by atoms with E-state index in [4.69, 9.17) is 0 Å². The molecule has 2 heterocycles. The molecule has 1 amide bonds. The lowest BCUT2D eigenvalue weighted by Gasteiger charge is -2.32. The number of amides is 1. The number of carbonyl (C=O) groups excluding carboxylic acids is 1. The van der Waals surface area contributed by atoms with Gasteiger partial charge < -0.3 is 5.32 Å². The number of pyridine rings is 1. The van der Waals surface area contributed by atoms with Crippen molar-refractivity contribution in [3.8, 4) is 0 Å². The van der Waals surface area contributed by atoms with Gasteiger partial charge in [-0.25, -0.2) is 4.39 Å². The Morgan fingerprint density at radius 2 is 1.92 bits per heavy atom. The highest BCUT2D eigenvalue weighted by Gasteiger charge is 2.19. The van der Waals surface area contributed by atoms with Crippen LogP contribution in [0.4, 0.5) is 4.39 Å². The van der Waals surface area contributed by atoms with Gasteiger partial charge in [0.2, 0.25) is 5.91 Å². The molecule has 0 saturated carbocycles. The zero-order chi connectivity index (χ0) is 17.5. The molecule has 1 aromatic carbocycles. The lowest BCUT2D eigenvalue weighted by molar-refractivity contribution is -0.120. The van der Waals surface area contributed by atoms with E-state index in [1.165, 1.54) is 17.7 Å². The fraction of sp³-hybridized carbons (Fsp3) is 0.400. The molecule has 0 bridgehead atoms. The molecule has 0 unspecified atom stereocenters. The van der Waals surface area contributed by atoms with Crippen molar-refractivity contribution in [2.45, 2.75) is 25.8 Å². The van der Waals surface area contributed by atoms with Gasteiger partial charge in [0.1, 0.15) is 5.82 Å². The average molecular weight is 341 g/mol. The van der Waals surface area contributed by atoms with Crippen LogP contribution in [-0.2, 0) is 17.8 Å². The average Bonchev–Trinajstić information content (AvgIpc) is 2.64. The number of piperidine rings is 1. The summed E-state index contributed by atoms with van der Waals surface area (Å²) in [5.74, 6) is 0.258. The first-order valence-corrected chi connectivity index (χ1v) is 8.81. The predicted molar refractivity (Wildman–Crippen MR) is 95.4 cm³/mol. The highest BCUT2D eigenvalue weighted by atomic mass is 19.1. The van der Waals surface area contributed by atoms with Crippen molar-refractivity contribution in [2.75, 3.05) is 19.6 Å². The van der Waals surface area contributed by atoms with Crippen LogP contribution in [0.2, 0.25) is 0 Å². The van der Waals surface area contributed by atoms with Crippen LogP contribution < -0.4 is 5.32 Å². The number of hydrogen-bond donors (Lipinski definition) is 1. The summed E-state index contributed by atoms with van der Waals surface area (Å²) in [6.45, 7) is 3.76. The SMILES string of the molecule is O=C(Cc1ccc(F)cc1)NCC1CCN(Cc2cccnc2)CC1. The molecule has 4 nitrogen and oxygen atoms in total. The molecule has 0 aliphatic carbocycles. The molecule has 132 valence electrons. The third kappa shape index (κ3) is 5.64. The molecule has 1 saturated heterocycles. The van der Waals surface area contributed by atoms with Gasteiger partial charge in [-0.2, -0.15) is 0 Å². The molecule has 1 aromatic heterocycles. The Labute approximate surface area is 148 Å². The van der Waals surface area contributed by atoms with E-state index < -0.39 is 0 Å². The number of hydrogen-bond acceptors (Lipinski definition) is 3. The van der Waals surface area contributed by atoms with Crippen molar-refractivity contribution < 1.29 is 9.18 Å². The molecule has 0 spiro atoms. The van der Waals surface area contributed by atoms with Gasteiger partial charge in [0.25, 0.3) is 0 Å². The number of likely N-dealkylation sites (tertiary alicyclic amines) is 1. The monoisotopic (exact) mass is 341 g/mol. The van der Waals surface area contributed by atoms with E-state index in [2.05, 4.69) is 21.3 Å². The van der Waals surface area contributed by atoms with Crippen LogP contribution in [0.15, 0.2) is 48.8 Å². The highest BCUT2D eigenvalue weighted by molar-refractivity contribution is 5.78. The lowest BCUT2D eigenvalue weighted by Crippen LogP contribution is -2.38. The molecular weight excluding hydrogens is 317 g/mol. The fourth-order valence-corrected chi connectivity index (χ4v) is 3.21. The minimum Gasteiger partial charge on any atom is -0.356 e. The Bertz CT molecular complexity index is 667. The summed E-state index contributed by atoms with van der Waals surface area (Å²) >= 11 is 0. The van der Waals surface area contributed by atoms with Crippen molar-refractivity contribution >= 4 is 5.91 Å². The minimum absolute atomic E-state index is 0.00407. The van der Waals surface area contributed by atoms with Crippen LogP contribution in [0.25, 0.3) is 0 Å². The van der Waals surface area contributed by atoms with Crippen molar-refractivity contribution in [1.29, 1.82) is 0 Å². The van der Waals surface area contributed by atoms with E-state index in [9.17, 15) is 9.18 Å². The maximum atomic E-state index is 12.9. The van der Waals surface area contributed by atoms with Crippen LogP contribution in [0, 0.1) is 11.7 Å². The topological polar surface area (TPSA) is 45.2 Å². The molecule has 3 rings (SSSR count). The van der Waals surface area contributed by atoms with Crippen LogP contribution in [-0.4, -0.2) is 35.4 Å². The van der Waals surface area contributed by atoms with E-state index in [1.807, 2.05) is 12.3 Å². The zero-order valence-corrected chi connectivity index (χ0v) is 14.3. The highest BCUT2D eigenvalue weighted by Crippen LogP contribution is 2.18. The number of nitrogens with zero attached hydrogens (tertiary/aromatic N) is 2. The van der Waals surface area contributed by atoms with Gasteiger partial charge in [0, 0.05) is 25.5 Å². The van der Waals surface area contributed by atoms with E-state index in [0.29, 0.717) is 12.3 Å². The van der Waals surface area contributed by atoms with Gasteiger partial charge in [-0.05, 0) is 61.2 Å². The zero-order valence-electron chi connectivity index (χ0n) is 14.3. The number of rotatable bonds is 6. The second-order valence-corrected chi connectivity index (χ2v) is 6.69. The molecule has 25 heavy (non-hydrogen) atoms. The Morgan fingerprint density at radius 1 is 1.16 bits per heavy atom. The standard InChI is InChI=1S/C20H24FN3O/c21-19-5-3-16(4-6-19)12-20(25)23-14-17-7-10-24(11-8-17)15-18-2-1-9-22-13-18/h1-6,9,13,17H,7-8,10-12,14-15H2,(H,23,25). The van der Waals surface area contributed by atoms with E-state index in [0.717, 1.165) is 44.6 Å². The van der Waals surface area contributed by atoms with Crippen molar-refractivity contribution in [2.24, 2.45) is 5.92 Å². The fourth-order valence-electron chi connectivity index (χ4n) is 3.21. The van der Waals surface area contributed by atoms with E-state index >= 15 is 0 Å². The molecule has 1 aliphatic heterocycles. The summed E-state index contributed by atoms with van der Waals surface area (Å²) in [6.07, 6.45) is 6.21. The van der Waals surface area contributed by atoms with Gasteiger partial charge in [-0.15, -0.1) is 0 Å². The van der Waals surface area contributed by atoms with Crippen molar-refractivity contribution in [3.05, 3.63) is 65.7 Å². The smallest absolute Gasteiger partial charge is 0.224 e. The lowest BCUT2D eigenvalue weighted by atomic mass is 9.96. The quantitative estimate of drug-likeness (QED) is 0.879. The second kappa shape index (κ2) is 8.72.